The number of thioether (sulfide) groups is 1. The summed E-state index contributed by atoms with van der Waals surface area (Å²) in [6.07, 6.45) is 1.03. The van der Waals surface area contributed by atoms with Crippen LogP contribution in [-0.4, -0.2) is 12.2 Å². The number of nitrogens with two attached hydrogens (primary N) is 1. The molecule has 0 saturated heterocycles. The Labute approximate surface area is 83.2 Å². The van der Waals surface area contributed by atoms with Crippen molar-refractivity contribution in [1.29, 1.82) is 0 Å². The molecule has 3 heteroatoms. The largest absolute Gasteiger partial charge is 0.378 e. The van der Waals surface area contributed by atoms with E-state index in [0.29, 0.717) is 5.17 Å². The zero-order valence-electron chi connectivity index (χ0n) is 7.95. The van der Waals surface area contributed by atoms with Gasteiger partial charge in [0.05, 0.1) is 0 Å². The monoisotopic (exact) mass is 194 g/mol. The molecule has 0 bridgehead atoms. The Morgan fingerprint density at radius 3 is 2.77 bits per heavy atom. The van der Waals surface area contributed by atoms with Gasteiger partial charge in [0.15, 0.2) is 5.17 Å². The molecular formula is C10H14N2S. The van der Waals surface area contributed by atoms with E-state index in [1.165, 1.54) is 22.2 Å². The lowest BCUT2D eigenvalue weighted by Crippen LogP contribution is -2.05. The summed E-state index contributed by atoms with van der Waals surface area (Å²) in [6, 6.07) is 8.25. The zero-order chi connectivity index (χ0) is 9.68. The normalized spacial score (nSPS) is 11.7. The minimum Gasteiger partial charge on any atom is -0.378 e. The summed E-state index contributed by atoms with van der Waals surface area (Å²) in [7, 11) is 1.71. The van der Waals surface area contributed by atoms with Crippen molar-refractivity contribution in [3.05, 3.63) is 29.8 Å². The first-order valence-electron chi connectivity index (χ1n) is 4.26. The van der Waals surface area contributed by atoms with Crippen molar-refractivity contribution in [3.8, 4) is 0 Å². The summed E-state index contributed by atoms with van der Waals surface area (Å²) in [4.78, 5) is 5.12. The minimum atomic E-state index is 0.612. The molecular weight excluding hydrogens is 180 g/mol. The number of benzene rings is 1. The molecule has 1 aromatic carbocycles. The molecule has 0 aliphatic carbocycles. The molecule has 0 aromatic heterocycles. The number of hydrogen-bond donors (Lipinski definition) is 1. The van der Waals surface area contributed by atoms with E-state index in [1.54, 1.807) is 7.05 Å². The van der Waals surface area contributed by atoms with Crippen molar-refractivity contribution in [2.75, 3.05) is 7.05 Å². The van der Waals surface area contributed by atoms with Gasteiger partial charge in [0.1, 0.15) is 0 Å². The van der Waals surface area contributed by atoms with Crippen LogP contribution in [0.15, 0.2) is 34.2 Å². The Hall–Kier alpha value is -0.960. The van der Waals surface area contributed by atoms with E-state index in [0.717, 1.165) is 6.42 Å². The van der Waals surface area contributed by atoms with E-state index < -0.39 is 0 Å². The average molecular weight is 194 g/mol. The molecule has 0 unspecified atom stereocenters. The lowest BCUT2D eigenvalue weighted by molar-refractivity contribution is 1.08. The first-order chi connectivity index (χ1) is 6.27. The van der Waals surface area contributed by atoms with E-state index in [2.05, 4.69) is 24.0 Å². The summed E-state index contributed by atoms with van der Waals surface area (Å²) in [6.45, 7) is 2.14. The smallest absolute Gasteiger partial charge is 0.158 e. The molecule has 2 N–H and O–H groups in total. The molecule has 1 aromatic rings. The molecule has 0 saturated carbocycles. The number of aryl methyl sites for hydroxylation is 1. The second-order valence-electron chi connectivity index (χ2n) is 2.63. The van der Waals surface area contributed by atoms with Gasteiger partial charge >= 0.3 is 0 Å². The summed E-state index contributed by atoms with van der Waals surface area (Å²) >= 11 is 1.52. The lowest BCUT2D eigenvalue weighted by Gasteiger charge is -2.05. The van der Waals surface area contributed by atoms with Gasteiger partial charge in [0.25, 0.3) is 0 Å². The van der Waals surface area contributed by atoms with E-state index >= 15 is 0 Å². The van der Waals surface area contributed by atoms with Gasteiger partial charge in [0, 0.05) is 11.9 Å². The summed E-state index contributed by atoms with van der Waals surface area (Å²) in [5, 5.41) is 0.612. The van der Waals surface area contributed by atoms with E-state index in [1.807, 2.05) is 12.1 Å². The Morgan fingerprint density at radius 2 is 2.15 bits per heavy atom. The quantitative estimate of drug-likeness (QED) is 0.445. The molecule has 70 valence electrons. The van der Waals surface area contributed by atoms with Gasteiger partial charge < -0.3 is 5.73 Å². The van der Waals surface area contributed by atoms with Crippen molar-refractivity contribution < 1.29 is 0 Å². The maximum Gasteiger partial charge on any atom is 0.158 e. The van der Waals surface area contributed by atoms with Crippen molar-refractivity contribution in [2.45, 2.75) is 18.2 Å². The fraction of sp³-hybridized carbons (Fsp3) is 0.300. The van der Waals surface area contributed by atoms with Gasteiger partial charge in [0.2, 0.25) is 0 Å². The maximum absolute atomic E-state index is 5.64. The third-order valence-electron chi connectivity index (χ3n) is 1.79. The predicted molar refractivity (Wildman–Crippen MR) is 59.2 cm³/mol. The van der Waals surface area contributed by atoms with E-state index in [9.17, 15) is 0 Å². The van der Waals surface area contributed by atoms with Crippen molar-refractivity contribution >= 4 is 16.9 Å². The highest BCUT2D eigenvalue weighted by atomic mass is 32.2. The number of hydrogen-bond acceptors (Lipinski definition) is 2. The van der Waals surface area contributed by atoms with Crippen molar-refractivity contribution in [1.82, 2.24) is 0 Å². The molecule has 0 atom stereocenters. The molecule has 0 amide bonds. The maximum atomic E-state index is 5.64. The molecule has 2 nitrogen and oxygen atoms in total. The molecule has 0 aliphatic rings. The Bertz CT molecular complexity index is 308. The van der Waals surface area contributed by atoms with Crippen LogP contribution < -0.4 is 5.73 Å². The summed E-state index contributed by atoms with van der Waals surface area (Å²) < 4.78 is 0. The first-order valence-corrected chi connectivity index (χ1v) is 5.07. The number of rotatable bonds is 2. The van der Waals surface area contributed by atoms with E-state index in [4.69, 9.17) is 5.73 Å². The van der Waals surface area contributed by atoms with Crippen LogP contribution in [0.25, 0.3) is 0 Å². The van der Waals surface area contributed by atoms with Crippen molar-refractivity contribution in [2.24, 2.45) is 10.7 Å². The second kappa shape index (κ2) is 4.92. The van der Waals surface area contributed by atoms with Gasteiger partial charge in [-0.15, -0.1) is 0 Å². The molecule has 0 fully saturated rings. The van der Waals surface area contributed by atoms with Gasteiger partial charge in [-0.2, -0.15) is 0 Å². The molecule has 13 heavy (non-hydrogen) atoms. The average Bonchev–Trinajstić information content (AvgIpc) is 2.18. The van der Waals surface area contributed by atoms with Crippen LogP contribution in [0.4, 0.5) is 0 Å². The Kier molecular flexibility index (Phi) is 3.83. The van der Waals surface area contributed by atoms with Crippen molar-refractivity contribution in [3.63, 3.8) is 0 Å². The zero-order valence-corrected chi connectivity index (χ0v) is 8.77. The second-order valence-corrected chi connectivity index (χ2v) is 3.69. The molecule has 1 rings (SSSR count). The molecule has 0 radical (unpaired) electrons. The van der Waals surface area contributed by atoms with Gasteiger partial charge in [-0.25, -0.2) is 0 Å². The van der Waals surface area contributed by atoms with Crippen LogP contribution in [0.1, 0.15) is 12.5 Å². The Morgan fingerprint density at radius 1 is 1.46 bits per heavy atom. The van der Waals surface area contributed by atoms with E-state index in [-0.39, 0.29) is 0 Å². The fourth-order valence-corrected chi connectivity index (χ4v) is 1.86. The van der Waals surface area contributed by atoms with Crippen LogP contribution in [0.5, 0.6) is 0 Å². The minimum absolute atomic E-state index is 0.612. The third-order valence-corrected chi connectivity index (χ3v) is 2.80. The first kappa shape index (κ1) is 10.1. The highest BCUT2D eigenvalue weighted by Crippen LogP contribution is 2.22. The lowest BCUT2D eigenvalue weighted by atomic mass is 10.2. The van der Waals surface area contributed by atoms with Crippen LogP contribution in [0.3, 0.4) is 0 Å². The summed E-state index contributed by atoms with van der Waals surface area (Å²) in [5.74, 6) is 0. The molecule has 0 spiro atoms. The molecule has 0 heterocycles. The van der Waals surface area contributed by atoms with Gasteiger partial charge in [-0.05, 0) is 18.1 Å². The topological polar surface area (TPSA) is 38.4 Å². The third kappa shape index (κ3) is 2.77. The number of aliphatic imine (C=N–C) groups is 1. The molecule has 0 aliphatic heterocycles. The standard InChI is InChI=1S/C10H14N2S/c1-3-8-6-4-5-7-9(8)13-10(11)12-2/h4-7H,3H2,1-2H3,(H2,11,12). The number of amidine groups is 1. The number of nitrogens with zero attached hydrogens (tertiary/aromatic N) is 1. The predicted octanol–water partition coefficient (Wildman–Crippen LogP) is 2.29. The van der Waals surface area contributed by atoms with Crippen LogP contribution in [0.2, 0.25) is 0 Å². The van der Waals surface area contributed by atoms with Gasteiger partial charge in [-0.1, -0.05) is 36.9 Å². The van der Waals surface area contributed by atoms with Gasteiger partial charge in [-0.3, -0.25) is 4.99 Å². The van der Waals surface area contributed by atoms with Crippen LogP contribution >= 0.6 is 11.8 Å². The fourth-order valence-electron chi connectivity index (χ4n) is 1.05. The SMILES string of the molecule is CCc1ccccc1SC(N)=NC. The summed E-state index contributed by atoms with van der Waals surface area (Å²) in [5.41, 5.74) is 6.96. The van der Waals surface area contributed by atoms with Crippen LogP contribution in [-0.2, 0) is 6.42 Å². The Balaban J connectivity index is 2.87. The highest BCUT2D eigenvalue weighted by Gasteiger charge is 2.01. The highest BCUT2D eigenvalue weighted by molar-refractivity contribution is 8.13. The van der Waals surface area contributed by atoms with Crippen LogP contribution in [0, 0.1) is 0 Å².